The van der Waals surface area contributed by atoms with Crippen LogP contribution in [0.25, 0.3) is 52.8 Å². The molecule has 63 heavy (non-hydrogen) atoms. The van der Waals surface area contributed by atoms with E-state index in [0.29, 0.717) is 12.0 Å². The van der Waals surface area contributed by atoms with Crippen LogP contribution in [0, 0.1) is 6.92 Å². The van der Waals surface area contributed by atoms with Crippen LogP contribution in [0.2, 0.25) is 0 Å². The Morgan fingerprint density at radius 2 is 0.889 bits per heavy atom. The van der Waals surface area contributed by atoms with E-state index >= 15 is 0 Å². The summed E-state index contributed by atoms with van der Waals surface area (Å²) in [6.45, 7) is 6.73. The molecule has 3 aromatic heterocycles. The van der Waals surface area contributed by atoms with Crippen LogP contribution in [0.4, 0.5) is 24.5 Å². The zero-order valence-electron chi connectivity index (χ0n) is 37.4. The minimum atomic E-state index is -4.39. The number of unbranched alkanes of at least 4 members (excludes halogenated alkanes) is 18. The monoisotopic (exact) mass is 928 g/mol. The number of halogens is 3. The van der Waals surface area contributed by atoms with Gasteiger partial charge in [-0.15, -0.1) is 22.7 Å². The molecule has 6 aromatic rings. The number of rotatable bonds is 26. The van der Waals surface area contributed by atoms with Gasteiger partial charge in [-0.3, -0.25) is 0 Å². The number of benzene rings is 3. The Kier molecular flexibility index (Phi) is 17.8. The predicted octanol–water partition coefficient (Wildman–Crippen LogP) is 19.5. The molecule has 0 unspecified atom stereocenters. The third-order valence-corrected chi connectivity index (χ3v) is 15.9. The fourth-order valence-electron chi connectivity index (χ4n) is 8.91. The van der Waals surface area contributed by atoms with E-state index in [9.17, 15) is 13.2 Å². The summed E-state index contributed by atoms with van der Waals surface area (Å²) in [4.78, 5) is 4.14. The van der Waals surface area contributed by atoms with Crippen molar-refractivity contribution in [3.63, 3.8) is 0 Å². The van der Waals surface area contributed by atoms with Crippen molar-refractivity contribution in [2.45, 2.75) is 168 Å². The van der Waals surface area contributed by atoms with Gasteiger partial charge in [0, 0.05) is 30.6 Å². The van der Waals surface area contributed by atoms with Crippen molar-refractivity contribution >= 4 is 68.2 Å². The Balaban J connectivity index is 1.05. The molecule has 0 atom stereocenters. The summed E-state index contributed by atoms with van der Waals surface area (Å²) in [6, 6.07) is 20.0. The lowest BCUT2D eigenvalue weighted by atomic mass is 9.97. The molecule has 7 rings (SSSR count). The average molecular weight is 929 g/mol. The van der Waals surface area contributed by atoms with E-state index in [0.717, 1.165) is 85.8 Å². The summed E-state index contributed by atoms with van der Waals surface area (Å²) in [6.07, 6.45) is 22.1. The van der Waals surface area contributed by atoms with Gasteiger partial charge in [0.15, 0.2) is 0 Å². The Morgan fingerprint density at radius 3 is 1.37 bits per heavy atom. The summed E-state index contributed by atoms with van der Waals surface area (Å²) in [7, 11) is 0. The van der Waals surface area contributed by atoms with Crippen LogP contribution in [0.15, 0.2) is 69.4 Å². The Hall–Kier alpha value is -3.51. The lowest BCUT2D eigenvalue weighted by molar-refractivity contribution is -0.138. The van der Waals surface area contributed by atoms with Crippen LogP contribution in [0.1, 0.15) is 165 Å². The normalized spacial score (nSPS) is 12.5. The van der Waals surface area contributed by atoms with Crippen LogP contribution in [0.5, 0.6) is 0 Å². The molecule has 11 heteroatoms. The molecule has 336 valence electrons. The first-order valence-corrected chi connectivity index (χ1v) is 26.8. The second-order valence-electron chi connectivity index (χ2n) is 17.4. The van der Waals surface area contributed by atoms with E-state index < -0.39 is 11.7 Å². The van der Waals surface area contributed by atoms with Crippen molar-refractivity contribution in [1.82, 2.24) is 8.75 Å². The molecule has 1 aliphatic heterocycles. The number of thiophene rings is 2. The van der Waals surface area contributed by atoms with Gasteiger partial charge >= 0.3 is 6.18 Å². The first-order chi connectivity index (χ1) is 30.8. The highest BCUT2D eigenvalue weighted by molar-refractivity contribution is 7.58. The molecular formula is C52H63F3N4S4. The Morgan fingerprint density at radius 1 is 0.476 bits per heavy atom. The molecule has 0 aliphatic carbocycles. The van der Waals surface area contributed by atoms with Crippen LogP contribution < -0.4 is 0 Å². The van der Waals surface area contributed by atoms with Gasteiger partial charge in [-0.25, -0.2) is 0 Å². The molecule has 4 heterocycles. The van der Waals surface area contributed by atoms with Crippen LogP contribution >= 0.6 is 34.4 Å². The van der Waals surface area contributed by atoms with E-state index in [1.165, 1.54) is 153 Å². The summed E-state index contributed by atoms with van der Waals surface area (Å²) < 4.78 is 62.0. The first kappa shape index (κ1) is 47.5. The smallest absolute Gasteiger partial charge is 0.172 e. The maximum Gasteiger partial charge on any atom is 0.416 e. The van der Waals surface area contributed by atoms with Crippen LogP contribution in [-0.4, -0.2) is 8.75 Å². The zero-order valence-corrected chi connectivity index (χ0v) is 40.7. The van der Waals surface area contributed by atoms with Gasteiger partial charge in [0.1, 0.15) is 22.4 Å². The quantitative estimate of drug-likeness (QED) is 0.0508. The van der Waals surface area contributed by atoms with Gasteiger partial charge in [0.05, 0.1) is 28.6 Å². The number of fused-ring (bicyclic) bond motifs is 2. The van der Waals surface area contributed by atoms with Gasteiger partial charge in [-0.2, -0.15) is 30.6 Å². The third kappa shape index (κ3) is 12.4. The highest BCUT2D eigenvalue weighted by atomic mass is 32.1. The van der Waals surface area contributed by atoms with Crippen LogP contribution in [-0.2, 0) is 30.4 Å². The molecule has 0 radical (unpaired) electrons. The van der Waals surface area contributed by atoms with Crippen molar-refractivity contribution < 1.29 is 13.2 Å². The summed E-state index contributed by atoms with van der Waals surface area (Å²) in [5, 5.41) is 0. The lowest BCUT2D eigenvalue weighted by Gasteiger charge is -2.14. The van der Waals surface area contributed by atoms with Crippen molar-refractivity contribution in [3.8, 4) is 41.8 Å². The summed E-state index contributed by atoms with van der Waals surface area (Å²) in [5.41, 5.74) is 9.67. The topological polar surface area (TPSA) is 50.5 Å². The van der Waals surface area contributed by atoms with E-state index in [-0.39, 0.29) is 0 Å². The number of aromatic nitrogens is 2. The average Bonchev–Trinajstić information content (AvgIpc) is 4.13. The molecular weight excluding hydrogens is 866 g/mol. The van der Waals surface area contributed by atoms with Crippen molar-refractivity contribution in [2.75, 3.05) is 0 Å². The lowest BCUT2D eigenvalue weighted by Crippen LogP contribution is -2.09. The minimum absolute atomic E-state index is 0.377. The maximum absolute atomic E-state index is 14.2. The molecule has 1 aliphatic rings. The van der Waals surface area contributed by atoms with E-state index in [1.807, 2.05) is 12.1 Å². The molecule has 0 amide bonds. The van der Waals surface area contributed by atoms with Gasteiger partial charge in [-0.1, -0.05) is 154 Å². The molecule has 0 saturated carbocycles. The molecule has 0 spiro atoms. The SMILES string of the molecule is CCCCCCCCCCCCc1cc(-c2ccc(-c3c4c(c(-c5ccc(-c6ccc(C(F)(F)F)c(CCCCCCCCCCCC)c6)s5)c5nsnc35)N=S=N4)s2)ccc1C. The van der Waals surface area contributed by atoms with E-state index in [2.05, 4.69) is 51.1 Å². The molecule has 0 fully saturated rings. The fourth-order valence-corrected chi connectivity index (χ4v) is 12.1. The summed E-state index contributed by atoms with van der Waals surface area (Å²) in [5.74, 6) is 0. The molecule has 3 aromatic carbocycles. The number of aryl methyl sites for hydroxylation is 3. The Bertz CT molecular complexity index is 2470. The Labute approximate surface area is 389 Å². The minimum Gasteiger partial charge on any atom is -0.172 e. The standard InChI is InChI=1S/C52H63F3N4S4/c1-4-6-8-10-12-14-16-18-20-22-24-37-34-39(27-26-36(37)3)42-30-32-44(60-42)46-48-50(58-62-56-48)47(51-49(46)57-63-59-51)45-33-31-43(61-45)40-28-29-41(52(53,54)55)38(35-40)25-23-21-19-17-15-13-11-9-7-5-2/h26-35H,4-25H2,1-3H3. The van der Waals surface area contributed by atoms with Gasteiger partial charge in [0.2, 0.25) is 0 Å². The van der Waals surface area contributed by atoms with Crippen LogP contribution in [0.3, 0.4) is 0 Å². The molecule has 0 bridgehead atoms. The predicted molar refractivity (Wildman–Crippen MR) is 267 cm³/mol. The van der Waals surface area contributed by atoms with Gasteiger partial charge in [0.25, 0.3) is 0 Å². The van der Waals surface area contributed by atoms with Crippen molar-refractivity contribution in [1.29, 1.82) is 0 Å². The largest absolute Gasteiger partial charge is 0.416 e. The number of nitrogens with zero attached hydrogens (tertiary/aromatic N) is 4. The second kappa shape index (κ2) is 23.6. The highest BCUT2D eigenvalue weighted by Crippen LogP contribution is 2.55. The van der Waals surface area contributed by atoms with Crippen molar-refractivity contribution in [2.24, 2.45) is 8.73 Å². The highest BCUT2D eigenvalue weighted by Gasteiger charge is 2.33. The number of alkyl halides is 3. The number of hydrogen-bond acceptors (Lipinski definition) is 7. The maximum atomic E-state index is 14.2. The third-order valence-electron chi connectivity index (χ3n) is 12.6. The molecule has 0 N–H and O–H groups in total. The van der Waals surface area contributed by atoms with Crippen molar-refractivity contribution in [3.05, 3.63) is 82.9 Å². The zero-order chi connectivity index (χ0) is 44.0. The number of hydrogen-bond donors (Lipinski definition) is 0. The van der Waals surface area contributed by atoms with Gasteiger partial charge in [-0.05, 0) is 96.8 Å². The van der Waals surface area contributed by atoms with E-state index in [4.69, 9.17) is 17.5 Å². The molecule has 0 saturated heterocycles. The molecule has 4 nitrogen and oxygen atoms in total. The fraction of sp³-hybridized carbons (Fsp3) is 0.500. The van der Waals surface area contributed by atoms with Gasteiger partial charge < -0.3 is 0 Å². The second-order valence-corrected chi connectivity index (χ2v) is 20.6. The summed E-state index contributed by atoms with van der Waals surface area (Å²) >= 11 is 5.68. The first-order valence-electron chi connectivity index (χ1n) is 23.7. The van der Waals surface area contributed by atoms with E-state index in [1.54, 1.807) is 34.8 Å².